The lowest BCUT2D eigenvalue weighted by Gasteiger charge is -2.15. The normalized spacial score (nSPS) is 16.6. The highest BCUT2D eigenvalue weighted by molar-refractivity contribution is 7.15. The van der Waals surface area contributed by atoms with Crippen LogP contribution in [0.25, 0.3) is 0 Å². The highest BCUT2D eigenvalue weighted by Crippen LogP contribution is 2.41. The average molecular weight is 303 g/mol. The third-order valence-corrected chi connectivity index (χ3v) is 4.81. The van der Waals surface area contributed by atoms with Gasteiger partial charge in [0.05, 0.1) is 24.2 Å². The highest BCUT2D eigenvalue weighted by Gasteiger charge is 2.34. The van der Waals surface area contributed by atoms with Gasteiger partial charge in [-0.3, -0.25) is 9.78 Å². The molecule has 2 heterocycles. The number of rotatable bonds is 4. The van der Waals surface area contributed by atoms with Gasteiger partial charge in [-0.25, -0.2) is 4.98 Å². The number of nitrogens with zero attached hydrogens (tertiary/aromatic N) is 3. The average Bonchev–Trinajstić information content (AvgIpc) is 3.07. The zero-order chi connectivity index (χ0) is 14.8. The molecule has 2 aromatic heterocycles. The standard InChI is InChI=1S/C15H17N3O2S/c1-3-20-14(19)11-6-7-12-13(11)17-15(21-12)18(2)10-5-4-8-16-9-10/h4-5,8-9,11H,3,6-7H2,1-2H3. The van der Waals surface area contributed by atoms with E-state index in [1.165, 1.54) is 4.88 Å². The van der Waals surface area contributed by atoms with Crippen molar-refractivity contribution < 1.29 is 9.53 Å². The Morgan fingerprint density at radius 2 is 2.43 bits per heavy atom. The number of fused-ring (bicyclic) bond motifs is 1. The Morgan fingerprint density at radius 3 is 3.14 bits per heavy atom. The second-order valence-electron chi connectivity index (χ2n) is 4.92. The van der Waals surface area contributed by atoms with Crippen LogP contribution in [0.2, 0.25) is 0 Å². The zero-order valence-corrected chi connectivity index (χ0v) is 12.9. The minimum absolute atomic E-state index is 0.155. The molecule has 110 valence electrons. The molecule has 1 atom stereocenters. The van der Waals surface area contributed by atoms with Crippen LogP contribution in [0.5, 0.6) is 0 Å². The molecule has 3 rings (SSSR count). The van der Waals surface area contributed by atoms with Gasteiger partial charge < -0.3 is 9.64 Å². The van der Waals surface area contributed by atoms with E-state index in [2.05, 4.69) is 9.97 Å². The van der Waals surface area contributed by atoms with E-state index in [4.69, 9.17) is 4.74 Å². The van der Waals surface area contributed by atoms with E-state index in [0.29, 0.717) is 6.61 Å². The molecule has 1 aliphatic carbocycles. The number of aromatic nitrogens is 2. The van der Waals surface area contributed by atoms with E-state index in [9.17, 15) is 4.79 Å². The fraction of sp³-hybridized carbons (Fsp3) is 0.400. The second-order valence-corrected chi connectivity index (χ2v) is 5.98. The number of anilines is 2. The lowest BCUT2D eigenvalue weighted by molar-refractivity contribution is -0.145. The molecule has 0 fully saturated rings. The maximum absolute atomic E-state index is 12.0. The van der Waals surface area contributed by atoms with Crippen LogP contribution in [0.1, 0.15) is 29.8 Å². The molecule has 0 bridgehead atoms. The smallest absolute Gasteiger partial charge is 0.315 e. The molecular formula is C15H17N3O2S. The van der Waals surface area contributed by atoms with Crippen molar-refractivity contribution in [2.24, 2.45) is 0 Å². The van der Waals surface area contributed by atoms with Gasteiger partial charge in [0.15, 0.2) is 5.13 Å². The Morgan fingerprint density at radius 1 is 1.57 bits per heavy atom. The predicted octanol–water partition coefficient (Wildman–Crippen LogP) is 2.90. The fourth-order valence-corrected chi connectivity index (χ4v) is 3.61. The maximum atomic E-state index is 12.0. The minimum Gasteiger partial charge on any atom is -0.465 e. The maximum Gasteiger partial charge on any atom is 0.315 e. The second kappa shape index (κ2) is 5.81. The summed E-state index contributed by atoms with van der Waals surface area (Å²) in [6, 6.07) is 3.89. The highest BCUT2D eigenvalue weighted by atomic mass is 32.1. The van der Waals surface area contributed by atoms with Crippen molar-refractivity contribution in [3.8, 4) is 0 Å². The minimum atomic E-state index is -0.202. The molecular weight excluding hydrogens is 286 g/mol. The van der Waals surface area contributed by atoms with Gasteiger partial charge >= 0.3 is 5.97 Å². The van der Waals surface area contributed by atoms with Crippen LogP contribution in [-0.2, 0) is 16.0 Å². The van der Waals surface area contributed by atoms with E-state index >= 15 is 0 Å². The number of thiazole rings is 1. The third-order valence-electron chi connectivity index (χ3n) is 3.60. The molecule has 0 amide bonds. The quantitative estimate of drug-likeness (QED) is 0.813. The van der Waals surface area contributed by atoms with E-state index in [1.54, 1.807) is 23.7 Å². The van der Waals surface area contributed by atoms with Crippen molar-refractivity contribution in [3.05, 3.63) is 35.1 Å². The molecule has 0 radical (unpaired) electrons. The summed E-state index contributed by atoms with van der Waals surface area (Å²) in [4.78, 5) is 24.0. The van der Waals surface area contributed by atoms with Gasteiger partial charge in [-0.05, 0) is 31.9 Å². The Hall–Kier alpha value is -1.95. The lowest BCUT2D eigenvalue weighted by Crippen LogP contribution is -2.15. The van der Waals surface area contributed by atoms with Crippen molar-refractivity contribution in [1.82, 2.24) is 9.97 Å². The first kappa shape index (κ1) is 14.0. The Kier molecular flexibility index (Phi) is 3.88. The monoisotopic (exact) mass is 303 g/mol. The Bertz CT molecular complexity index is 642. The number of pyridine rings is 1. The summed E-state index contributed by atoms with van der Waals surface area (Å²) in [7, 11) is 1.96. The predicted molar refractivity (Wildman–Crippen MR) is 82.1 cm³/mol. The van der Waals surface area contributed by atoms with Crippen LogP contribution < -0.4 is 4.90 Å². The molecule has 0 saturated carbocycles. The van der Waals surface area contributed by atoms with Gasteiger partial charge in [0, 0.05) is 18.1 Å². The molecule has 0 N–H and O–H groups in total. The summed E-state index contributed by atoms with van der Waals surface area (Å²) in [5, 5.41) is 0.891. The van der Waals surface area contributed by atoms with Gasteiger partial charge in [0.2, 0.25) is 0 Å². The van der Waals surface area contributed by atoms with Crippen LogP contribution in [0.3, 0.4) is 0 Å². The van der Waals surface area contributed by atoms with Crippen LogP contribution in [0, 0.1) is 0 Å². The van der Waals surface area contributed by atoms with E-state index < -0.39 is 0 Å². The summed E-state index contributed by atoms with van der Waals surface area (Å²) >= 11 is 1.64. The molecule has 0 aromatic carbocycles. The fourth-order valence-electron chi connectivity index (χ4n) is 2.49. The first-order valence-electron chi connectivity index (χ1n) is 7.00. The number of hydrogen-bond acceptors (Lipinski definition) is 6. The summed E-state index contributed by atoms with van der Waals surface area (Å²) in [5.74, 6) is -0.357. The summed E-state index contributed by atoms with van der Waals surface area (Å²) < 4.78 is 5.14. The summed E-state index contributed by atoms with van der Waals surface area (Å²) in [6.45, 7) is 2.24. The number of ether oxygens (including phenoxy) is 1. The Balaban J connectivity index is 1.85. The third kappa shape index (κ3) is 2.63. The number of carbonyl (C=O) groups is 1. The number of aryl methyl sites for hydroxylation is 1. The van der Waals surface area contributed by atoms with Crippen molar-refractivity contribution in [2.75, 3.05) is 18.6 Å². The molecule has 1 aliphatic rings. The number of hydrogen-bond donors (Lipinski definition) is 0. The first-order valence-corrected chi connectivity index (χ1v) is 7.82. The molecule has 2 aromatic rings. The van der Waals surface area contributed by atoms with Crippen molar-refractivity contribution in [3.63, 3.8) is 0 Å². The van der Waals surface area contributed by atoms with Crippen LogP contribution >= 0.6 is 11.3 Å². The van der Waals surface area contributed by atoms with Gasteiger partial charge in [-0.2, -0.15) is 0 Å². The van der Waals surface area contributed by atoms with Gasteiger partial charge in [0.1, 0.15) is 5.92 Å². The number of carbonyl (C=O) groups excluding carboxylic acids is 1. The van der Waals surface area contributed by atoms with Gasteiger partial charge in [-0.1, -0.05) is 0 Å². The topological polar surface area (TPSA) is 55.3 Å². The van der Waals surface area contributed by atoms with Crippen molar-refractivity contribution in [2.45, 2.75) is 25.7 Å². The molecule has 21 heavy (non-hydrogen) atoms. The van der Waals surface area contributed by atoms with E-state index in [0.717, 1.165) is 29.4 Å². The molecule has 1 unspecified atom stereocenters. The van der Waals surface area contributed by atoms with Gasteiger partial charge in [-0.15, -0.1) is 11.3 Å². The molecule has 6 heteroatoms. The van der Waals surface area contributed by atoms with Gasteiger partial charge in [0.25, 0.3) is 0 Å². The lowest BCUT2D eigenvalue weighted by atomic mass is 10.1. The molecule has 0 aliphatic heterocycles. The Labute approximate surface area is 127 Å². The van der Waals surface area contributed by atoms with E-state index in [1.807, 2.05) is 31.0 Å². The first-order chi connectivity index (χ1) is 10.2. The molecule has 0 saturated heterocycles. The van der Waals surface area contributed by atoms with Crippen LogP contribution in [0.15, 0.2) is 24.5 Å². The molecule has 5 nitrogen and oxygen atoms in total. The largest absolute Gasteiger partial charge is 0.465 e. The van der Waals surface area contributed by atoms with Crippen LogP contribution in [0.4, 0.5) is 10.8 Å². The zero-order valence-electron chi connectivity index (χ0n) is 12.1. The van der Waals surface area contributed by atoms with E-state index in [-0.39, 0.29) is 11.9 Å². The summed E-state index contributed by atoms with van der Waals surface area (Å²) in [5.41, 5.74) is 1.88. The van der Waals surface area contributed by atoms with Crippen molar-refractivity contribution >= 4 is 28.1 Å². The van der Waals surface area contributed by atoms with Crippen LogP contribution in [-0.4, -0.2) is 29.6 Å². The molecule has 0 spiro atoms. The van der Waals surface area contributed by atoms with Crippen molar-refractivity contribution in [1.29, 1.82) is 0 Å². The summed E-state index contributed by atoms with van der Waals surface area (Å²) in [6.07, 6.45) is 5.26. The SMILES string of the molecule is CCOC(=O)C1CCc2sc(N(C)c3cccnc3)nc21. The number of esters is 1.